The second-order valence-electron chi connectivity index (χ2n) is 32.3. The van der Waals surface area contributed by atoms with E-state index in [4.69, 9.17) is 4.74 Å². The molecule has 22 nitrogen and oxygen atoms in total. The average Bonchev–Trinajstić information content (AvgIpc) is 1.54. The molecule has 10 rings (SSSR count). The fourth-order valence-corrected chi connectivity index (χ4v) is 17.7. The van der Waals surface area contributed by atoms with Crippen LogP contribution in [0, 0.1) is 64.1 Å². The highest BCUT2D eigenvalue weighted by atomic mass is 19.4. The molecule has 0 spiro atoms. The van der Waals surface area contributed by atoms with Gasteiger partial charge in [0.05, 0.1) is 18.9 Å². The van der Waals surface area contributed by atoms with E-state index in [-0.39, 0.29) is 96.3 Å². The molecule has 2 aliphatic heterocycles. The molecule has 8 aliphatic carbocycles. The van der Waals surface area contributed by atoms with Crippen molar-refractivity contribution in [2.24, 2.45) is 64.1 Å². The van der Waals surface area contributed by atoms with E-state index in [0.29, 0.717) is 43.6 Å². The number of rotatable bonds is 24. The first-order valence-electron chi connectivity index (χ1n) is 34.9. The second kappa shape index (κ2) is 29.7. The number of hydrogen-bond acceptors (Lipinski definition) is 12. The molecule has 0 aromatic heterocycles. The van der Waals surface area contributed by atoms with Crippen LogP contribution in [0.5, 0.6) is 0 Å². The number of nitrogens with zero attached hydrogens (tertiary/aromatic N) is 2. The highest BCUT2D eigenvalue weighted by Gasteiger charge is 2.71. The summed E-state index contributed by atoms with van der Waals surface area (Å²) in [5.74, 6) is -5.70. The van der Waals surface area contributed by atoms with E-state index in [1.54, 1.807) is 52.5 Å². The van der Waals surface area contributed by atoms with Gasteiger partial charge in [0.15, 0.2) is 0 Å². The minimum absolute atomic E-state index is 0.0293. The quantitative estimate of drug-likeness (QED) is 0.0267. The maximum absolute atomic E-state index is 14.7. The first kappa shape index (κ1) is 74.2. The van der Waals surface area contributed by atoms with Gasteiger partial charge in [-0.3, -0.25) is 43.2 Å². The van der Waals surface area contributed by atoms with Crippen LogP contribution in [-0.4, -0.2) is 160 Å². The number of allylic oxidation sites excluding steroid dienone is 1. The zero-order valence-corrected chi connectivity index (χ0v) is 57.6. The van der Waals surface area contributed by atoms with Crippen molar-refractivity contribution < 1.29 is 70.6 Å². The number of ether oxygens (including phenoxy) is 1. The molecule has 530 valence electrons. The van der Waals surface area contributed by atoms with Gasteiger partial charge in [0.25, 0.3) is 11.8 Å². The topological polar surface area (TPSA) is 300 Å². The fraction of sp³-hybridized carbons (Fsp3) is 0.786. The van der Waals surface area contributed by atoms with Gasteiger partial charge in [0.2, 0.25) is 35.2 Å². The SMILES string of the molecule is C=CCCC(NC(=O)[C@@H]1[C@@H]2[C@H](CN1C(=O)[C@@H](NC(=O)NC13CC4CC(CC(C4)C1)C3)C1CCCCC1)C2(C)C)C(=O)C(=O)NCCC(=O)OC(C)(C)C.C=CCNC(=O)C(=O)C(CC(F)(F)F)NC(=O)[C@@H]1[C@@H]2[C@H](CN1C(=O)[C@@H](NC(=O)NC(C)(C)C)C1CCCCC1)C2(C)C. The van der Waals surface area contributed by atoms with Crippen molar-refractivity contribution in [3.05, 3.63) is 25.3 Å². The number of carbonyl (C=O) groups is 11. The highest BCUT2D eigenvalue weighted by Crippen LogP contribution is 2.66. The summed E-state index contributed by atoms with van der Waals surface area (Å²) in [6.45, 7) is 26.2. The number of urea groups is 2. The third-order valence-corrected chi connectivity index (χ3v) is 22.0. The summed E-state index contributed by atoms with van der Waals surface area (Å²) in [6, 6.07) is -7.79. The summed E-state index contributed by atoms with van der Waals surface area (Å²) < 4.78 is 45.5. The van der Waals surface area contributed by atoms with E-state index in [1.165, 1.54) is 30.2 Å². The molecule has 2 unspecified atom stereocenters. The largest absolute Gasteiger partial charge is 0.460 e. The summed E-state index contributed by atoms with van der Waals surface area (Å²) in [4.78, 5) is 150. The second-order valence-corrected chi connectivity index (χ2v) is 32.3. The lowest BCUT2D eigenvalue weighted by molar-refractivity contribution is -0.155. The number of halogens is 3. The van der Waals surface area contributed by atoms with Gasteiger partial charge in [0, 0.05) is 37.3 Å². The molecule has 4 bridgehead atoms. The monoisotopic (exact) mass is 1340 g/mol. The predicted molar refractivity (Wildman–Crippen MR) is 348 cm³/mol. The Morgan fingerprint density at radius 3 is 1.46 bits per heavy atom. The van der Waals surface area contributed by atoms with Gasteiger partial charge < -0.3 is 57.1 Å². The van der Waals surface area contributed by atoms with Crippen LogP contribution in [0.4, 0.5) is 22.8 Å². The van der Waals surface area contributed by atoms with Gasteiger partial charge in [-0.1, -0.05) is 78.4 Å². The summed E-state index contributed by atoms with van der Waals surface area (Å²) in [5.41, 5.74) is -1.97. The fourth-order valence-electron chi connectivity index (χ4n) is 17.7. The van der Waals surface area contributed by atoms with E-state index in [9.17, 15) is 65.9 Å². The van der Waals surface area contributed by atoms with E-state index < -0.39 is 113 Å². The number of ketones is 2. The van der Waals surface area contributed by atoms with Crippen molar-refractivity contribution in [3.8, 4) is 0 Å². The number of hydrogen-bond donors (Lipinski definition) is 8. The molecular weight excluding hydrogens is 1230 g/mol. The molecule has 10 atom stereocenters. The van der Waals surface area contributed by atoms with Crippen molar-refractivity contribution >= 4 is 65.0 Å². The van der Waals surface area contributed by atoms with Gasteiger partial charge in [-0.25, -0.2) is 9.59 Å². The van der Waals surface area contributed by atoms with Crippen molar-refractivity contribution in [2.75, 3.05) is 26.2 Å². The summed E-state index contributed by atoms with van der Waals surface area (Å²) in [6.07, 6.45) is 12.5. The summed E-state index contributed by atoms with van der Waals surface area (Å²) in [5, 5.41) is 21.8. The zero-order chi connectivity index (χ0) is 69.9. The number of piperidine rings is 2. The number of esters is 1. The lowest BCUT2D eigenvalue weighted by Gasteiger charge is -2.56. The first-order valence-corrected chi connectivity index (χ1v) is 34.9. The highest BCUT2D eigenvalue weighted by molar-refractivity contribution is 6.39. The Balaban J connectivity index is 0.000000251. The lowest BCUT2D eigenvalue weighted by Crippen LogP contribution is -2.64. The molecular formula is C70H107F3N10O12. The summed E-state index contributed by atoms with van der Waals surface area (Å²) >= 11 is 0. The Morgan fingerprint density at radius 1 is 0.589 bits per heavy atom. The molecule has 0 aromatic carbocycles. The number of carbonyl (C=O) groups excluding carboxylic acids is 11. The summed E-state index contributed by atoms with van der Waals surface area (Å²) in [7, 11) is 0. The van der Waals surface area contributed by atoms with E-state index in [2.05, 4.69) is 69.5 Å². The Bertz CT molecular complexity index is 2890. The number of alkyl halides is 3. The minimum Gasteiger partial charge on any atom is -0.460 e. The van der Waals surface area contributed by atoms with Gasteiger partial charge in [-0.05, 0) is 183 Å². The van der Waals surface area contributed by atoms with Crippen molar-refractivity contribution in [2.45, 2.75) is 257 Å². The minimum atomic E-state index is -4.85. The van der Waals surface area contributed by atoms with E-state index >= 15 is 0 Å². The van der Waals surface area contributed by atoms with Gasteiger partial charge >= 0.3 is 24.2 Å². The average molecular weight is 1340 g/mol. The molecule has 0 radical (unpaired) electrons. The van der Waals surface area contributed by atoms with Crippen LogP contribution in [0.1, 0.15) is 198 Å². The van der Waals surface area contributed by atoms with Crippen LogP contribution in [-0.2, 0) is 47.9 Å². The number of Topliss-reactive ketones (excluding diaryl/α,β-unsaturated/α-hetero) is 2. The Labute approximate surface area is 558 Å². The molecule has 2 heterocycles. The Kier molecular flexibility index (Phi) is 23.2. The normalized spacial score (nSPS) is 29.0. The molecule has 0 aromatic rings. The number of likely N-dealkylation sites (tertiary alicyclic amines) is 2. The van der Waals surface area contributed by atoms with Crippen LogP contribution in [0.2, 0.25) is 0 Å². The van der Waals surface area contributed by atoms with Crippen molar-refractivity contribution in [3.63, 3.8) is 0 Å². The van der Waals surface area contributed by atoms with Crippen molar-refractivity contribution in [1.29, 1.82) is 0 Å². The van der Waals surface area contributed by atoms with E-state index in [0.717, 1.165) is 70.6 Å². The Hall–Kier alpha value is -6.56. The van der Waals surface area contributed by atoms with Crippen LogP contribution >= 0.6 is 0 Å². The van der Waals surface area contributed by atoms with Crippen LogP contribution < -0.4 is 42.5 Å². The van der Waals surface area contributed by atoms with E-state index in [1.807, 2.05) is 13.8 Å². The van der Waals surface area contributed by atoms with Gasteiger partial charge in [-0.2, -0.15) is 13.2 Å². The van der Waals surface area contributed by atoms with Crippen molar-refractivity contribution in [1.82, 2.24) is 52.3 Å². The maximum Gasteiger partial charge on any atom is 0.391 e. The predicted octanol–water partition coefficient (Wildman–Crippen LogP) is 7.38. The van der Waals surface area contributed by atoms with Crippen LogP contribution in [0.25, 0.3) is 0 Å². The van der Waals surface area contributed by atoms with Crippen LogP contribution in [0.3, 0.4) is 0 Å². The lowest BCUT2D eigenvalue weighted by atomic mass is 9.53. The molecule has 25 heteroatoms. The number of amides is 10. The molecule has 8 N–H and O–H groups in total. The zero-order valence-electron chi connectivity index (χ0n) is 57.6. The Morgan fingerprint density at radius 2 is 1.03 bits per heavy atom. The standard InChI is InChI=1S/C41H63N5O7.C29H44F3N5O5/c1-7-8-14-29(34(48)36(50)42-16-15-30(47)53-39(2,3)4)43-35(49)33-31-28(40(31,5)6)23-46(33)37(51)32(27-12-10-9-11-13-27)44-38(52)45-41-20-24-17-25(21-41)19-26(18-24)22-41;1-7-13-33-24(40)22(38)18(14-29(30,31)32)34-23(39)21-19-17(28(19,5)6)15-37(21)25(41)20(16-11-9-8-10-12-16)35-26(42)36-27(2,3)4/h7,24-29,31-33H,1,8-23H2,2-6H3,(H,42,50)(H,43,49)(H2,44,45,52);7,16-21H,1,8-15H2,2-6H3,(H,33,40)(H,34,39)(H2,35,36,42)/t24?,25?,26?,28-,29?,31-,32-,33-,41?;17-,18?,19-,20-,21-/m00/s1. The molecule has 10 fully saturated rings. The molecule has 10 amide bonds. The molecule has 2 saturated heterocycles. The first-order chi connectivity index (χ1) is 44.4. The molecule has 95 heavy (non-hydrogen) atoms. The number of fused-ring (bicyclic) bond motifs is 2. The van der Waals surface area contributed by atoms with Gasteiger partial charge in [0.1, 0.15) is 35.8 Å². The maximum atomic E-state index is 14.7. The third kappa shape index (κ3) is 18.4. The van der Waals surface area contributed by atoms with Gasteiger partial charge in [-0.15, -0.1) is 13.2 Å². The molecule has 10 aliphatic rings. The van der Waals surface area contributed by atoms with Crippen LogP contribution in [0.15, 0.2) is 25.3 Å². The number of nitrogens with one attached hydrogen (secondary N) is 8. The third-order valence-electron chi connectivity index (χ3n) is 22.0. The molecule has 8 saturated carbocycles. The smallest absolute Gasteiger partial charge is 0.391 e.